The first-order valence-electron chi connectivity index (χ1n) is 12.9. The van der Waals surface area contributed by atoms with Gasteiger partial charge in [0, 0.05) is 24.9 Å². The normalized spacial score (nSPS) is 15.5. The molecular weight excluding hydrogens is 482 g/mol. The lowest BCUT2D eigenvalue weighted by Crippen LogP contribution is -2.42. The minimum Gasteiger partial charge on any atom is -0.488 e. The Morgan fingerprint density at radius 3 is 2.58 bits per heavy atom. The number of unbranched alkanes of at least 4 members (excludes halogenated alkanes) is 2. The van der Waals surface area contributed by atoms with E-state index >= 15 is 0 Å². The molecule has 198 valence electrons. The second kappa shape index (κ2) is 13.4. The monoisotopic (exact) mass is 515 g/mol. The van der Waals surface area contributed by atoms with Crippen molar-refractivity contribution >= 4 is 28.5 Å². The second-order valence-electron chi connectivity index (χ2n) is 9.34. The van der Waals surface area contributed by atoms with Crippen molar-refractivity contribution in [3.63, 3.8) is 0 Å². The van der Waals surface area contributed by atoms with E-state index in [4.69, 9.17) is 9.94 Å². The van der Waals surface area contributed by atoms with Gasteiger partial charge in [0.2, 0.25) is 11.8 Å². The molecule has 0 aromatic heterocycles. The van der Waals surface area contributed by atoms with Crippen LogP contribution in [0.1, 0.15) is 37.7 Å². The van der Waals surface area contributed by atoms with Crippen LogP contribution in [-0.2, 0) is 20.9 Å². The molecule has 1 heterocycles. The molecule has 0 radical (unpaired) electrons. The van der Waals surface area contributed by atoms with E-state index in [0.29, 0.717) is 50.1 Å². The highest BCUT2D eigenvalue weighted by Gasteiger charge is 2.33. The number of carbonyl (C=O) groups excluding carboxylic acids is 3. The number of rotatable bonds is 12. The maximum absolute atomic E-state index is 13.3. The second-order valence-corrected chi connectivity index (χ2v) is 9.34. The van der Waals surface area contributed by atoms with Crippen molar-refractivity contribution in [1.29, 1.82) is 0 Å². The number of likely N-dealkylation sites (tertiary alicyclic amines) is 1. The Bertz CT molecular complexity index is 1290. The first-order valence-corrected chi connectivity index (χ1v) is 12.9. The molecule has 3 aromatic carbocycles. The van der Waals surface area contributed by atoms with Gasteiger partial charge in [-0.25, -0.2) is 5.48 Å². The van der Waals surface area contributed by atoms with Crippen molar-refractivity contribution in [2.45, 2.75) is 44.7 Å². The zero-order valence-corrected chi connectivity index (χ0v) is 21.3. The largest absolute Gasteiger partial charge is 0.488 e. The Labute approximate surface area is 222 Å². The molecule has 1 saturated heterocycles. The number of carbonyl (C=O) groups is 3. The van der Waals surface area contributed by atoms with Gasteiger partial charge < -0.3 is 15.0 Å². The topological polar surface area (TPSA) is 108 Å². The third-order valence-electron chi connectivity index (χ3n) is 6.62. The summed E-state index contributed by atoms with van der Waals surface area (Å²) >= 11 is 0. The number of nitrogens with zero attached hydrogens (tertiary/aromatic N) is 1. The molecule has 1 aliphatic rings. The zero-order valence-electron chi connectivity index (χ0n) is 21.3. The lowest BCUT2D eigenvalue weighted by Gasteiger charge is -2.18. The van der Waals surface area contributed by atoms with Crippen LogP contribution in [0.3, 0.4) is 0 Å². The lowest BCUT2D eigenvalue weighted by molar-refractivity contribution is -0.132. The van der Waals surface area contributed by atoms with Crippen molar-refractivity contribution in [2.24, 2.45) is 0 Å². The van der Waals surface area contributed by atoms with Crippen LogP contribution < -0.4 is 15.5 Å². The van der Waals surface area contributed by atoms with E-state index in [-0.39, 0.29) is 24.8 Å². The molecule has 1 fully saturated rings. The van der Waals surface area contributed by atoms with Crippen molar-refractivity contribution < 1.29 is 24.3 Å². The summed E-state index contributed by atoms with van der Waals surface area (Å²) in [6.45, 7) is 1.14. The van der Waals surface area contributed by atoms with Gasteiger partial charge in [-0.15, -0.1) is 0 Å². The van der Waals surface area contributed by atoms with E-state index < -0.39 is 11.9 Å². The smallest absolute Gasteiger partial charge is 0.250 e. The van der Waals surface area contributed by atoms with E-state index in [2.05, 4.69) is 5.32 Å². The van der Waals surface area contributed by atoms with Crippen molar-refractivity contribution in [2.75, 3.05) is 13.2 Å². The predicted molar refractivity (Wildman–Crippen MR) is 144 cm³/mol. The number of hydrogen-bond donors (Lipinski definition) is 3. The van der Waals surface area contributed by atoms with Crippen LogP contribution in [0.4, 0.5) is 0 Å². The molecule has 0 spiro atoms. The summed E-state index contributed by atoms with van der Waals surface area (Å²) in [6, 6.07) is 22.9. The van der Waals surface area contributed by atoms with Crippen LogP contribution in [0, 0.1) is 0 Å². The minimum absolute atomic E-state index is 0.0472. The molecule has 3 amide bonds. The molecule has 8 heteroatoms. The van der Waals surface area contributed by atoms with Gasteiger partial charge in [0.1, 0.15) is 18.4 Å². The van der Waals surface area contributed by atoms with E-state index in [1.54, 1.807) is 16.5 Å². The fraction of sp³-hybridized carbons (Fsp3) is 0.300. The Kier molecular flexibility index (Phi) is 9.48. The quantitative estimate of drug-likeness (QED) is 0.146. The van der Waals surface area contributed by atoms with Gasteiger partial charge in [-0.1, -0.05) is 72.8 Å². The molecule has 1 unspecified atom stereocenters. The molecule has 1 atom stereocenters. The predicted octanol–water partition coefficient (Wildman–Crippen LogP) is 4.13. The highest BCUT2D eigenvalue weighted by atomic mass is 16.5. The molecule has 3 aromatic rings. The molecule has 38 heavy (non-hydrogen) atoms. The van der Waals surface area contributed by atoms with Gasteiger partial charge >= 0.3 is 0 Å². The number of ether oxygens (including phenoxy) is 1. The SMILES string of the molecule is O=C(CCCC/C=C(\COc1cccc2ccccc12)C(=O)NC1CCN(Cc2ccccc2)C1=O)NO. The highest BCUT2D eigenvalue weighted by molar-refractivity contribution is 5.98. The van der Waals surface area contributed by atoms with Crippen LogP contribution >= 0.6 is 0 Å². The lowest BCUT2D eigenvalue weighted by atomic mass is 10.1. The number of nitrogens with one attached hydrogen (secondary N) is 2. The van der Waals surface area contributed by atoms with Crippen LogP contribution in [-0.4, -0.2) is 47.0 Å². The van der Waals surface area contributed by atoms with Crippen molar-refractivity contribution in [3.05, 3.63) is 90.0 Å². The van der Waals surface area contributed by atoms with Crippen LogP contribution in [0.15, 0.2) is 84.4 Å². The van der Waals surface area contributed by atoms with Gasteiger partial charge in [-0.05, 0) is 42.7 Å². The Balaban J connectivity index is 1.40. The van der Waals surface area contributed by atoms with Crippen molar-refractivity contribution in [3.8, 4) is 5.75 Å². The highest BCUT2D eigenvalue weighted by Crippen LogP contribution is 2.26. The number of allylic oxidation sites excluding steroid dienone is 1. The van der Waals surface area contributed by atoms with Gasteiger partial charge in [0.25, 0.3) is 5.91 Å². The molecule has 0 bridgehead atoms. The number of benzene rings is 3. The van der Waals surface area contributed by atoms with Gasteiger partial charge in [-0.3, -0.25) is 19.6 Å². The third kappa shape index (κ3) is 7.20. The van der Waals surface area contributed by atoms with Crippen LogP contribution in [0.5, 0.6) is 5.75 Å². The van der Waals surface area contributed by atoms with Gasteiger partial charge in [0.05, 0.1) is 5.57 Å². The summed E-state index contributed by atoms with van der Waals surface area (Å²) in [4.78, 5) is 39.3. The molecule has 1 aliphatic heterocycles. The van der Waals surface area contributed by atoms with E-state index in [1.165, 1.54) is 0 Å². The first kappa shape index (κ1) is 26.9. The Morgan fingerprint density at radius 1 is 1.00 bits per heavy atom. The number of hydrogen-bond acceptors (Lipinski definition) is 5. The Morgan fingerprint density at radius 2 is 1.76 bits per heavy atom. The maximum Gasteiger partial charge on any atom is 0.250 e. The summed E-state index contributed by atoms with van der Waals surface area (Å²) in [5.74, 6) is -0.191. The third-order valence-corrected chi connectivity index (χ3v) is 6.62. The number of fused-ring (bicyclic) bond motifs is 1. The average Bonchev–Trinajstić information content (AvgIpc) is 3.28. The Hall–Kier alpha value is -4.17. The zero-order chi connectivity index (χ0) is 26.7. The molecule has 8 nitrogen and oxygen atoms in total. The van der Waals surface area contributed by atoms with E-state index in [9.17, 15) is 14.4 Å². The average molecular weight is 516 g/mol. The summed E-state index contributed by atoms with van der Waals surface area (Å²) in [7, 11) is 0. The minimum atomic E-state index is -0.583. The fourth-order valence-electron chi connectivity index (χ4n) is 4.54. The molecule has 4 rings (SSSR count). The standard InChI is InChI=1S/C30H33N3O5/c34-28(32-37)17-6-2-5-13-24(21-38-27-16-9-14-23-12-7-8-15-25(23)27)29(35)31-26-18-19-33(30(26)36)20-22-10-3-1-4-11-22/h1,3-4,7-16,26,37H,2,5-6,17-21H2,(H,31,35)(H,32,34)/b24-13+. The fourth-order valence-corrected chi connectivity index (χ4v) is 4.54. The molecule has 3 N–H and O–H groups in total. The first-order chi connectivity index (χ1) is 18.5. The maximum atomic E-state index is 13.3. The number of amides is 3. The summed E-state index contributed by atoms with van der Waals surface area (Å²) in [5.41, 5.74) is 3.10. The molecule has 0 aliphatic carbocycles. The molecule has 0 saturated carbocycles. The van der Waals surface area contributed by atoms with Crippen LogP contribution in [0.2, 0.25) is 0 Å². The van der Waals surface area contributed by atoms with Gasteiger partial charge in [0.15, 0.2) is 0 Å². The van der Waals surface area contributed by atoms with E-state index in [1.807, 2.05) is 72.8 Å². The summed E-state index contributed by atoms with van der Waals surface area (Å²) < 4.78 is 6.09. The van der Waals surface area contributed by atoms with Gasteiger partial charge in [-0.2, -0.15) is 0 Å². The summed E-state index contributed by atoms with van der Waals surface area (Å²) in [6.07, 6.45) is 4.33. The van der Waals surface area contributed by atoms with E-state index in [0.717, 1.165) is 16.3 Å². The summed E-state index contributed by atoms with van der Waals surface area (Å²) in [5, 5.41) is 13.6. The number of hydroxylamine groups is 1. The van der Waals surface area contributed by atoms with Crippen molar-refractivity contribution in [1.82, 2.24) is 15.7 Å². The van der Waals surface area contributed by atoms with Crippen LogP contribution in [0.25, 0.3) is 10.8 Å². The molecular formula is C30H33N3O5.